The molecule has 0 bridgehead atoms. The van der Waals surface area contributed by atoms with Crippen LogP contribution in [0.25, 0.3) is 10.9 Å². The predicted molar refractivity (Wildman–Crippen MR) is 85.4 cm³/mol. The van der Waals surface area contributed by atoms with Gasteiger partial charge in [-0.25, -0.2) is 4.98 Å². The fraction of sp³-hybridized carbons (Fsp3) is 0.444. The van der Waals surface area contributed by atoms with E-state index in [-0.39, 0.29) is 0 Å². The lowest BCUT2D eigenvalue weighted by Gasteiger charge is -2.36. The van der Waals surface area contributed by atoms with Crippen molar-refractivity contribution in [3.05, 3.63) is 41.3 Å². The monoisotopic (exact) mass is 300 g/mol. The number of fused-ring (bicyclic) bond motifs is 1. The van der Waals surface area contributed by atoms with E-state index < -0.39 is 5.95 Å². The van der Waals surface area contributed by atoms with Crippen LogP contribution in [0.2, 0.25) is 0 Å². The van der Waals surface area contributed by atoms with Crippen LogP contribution in [0, 0.1) is 11.4 Å². The second kappa shape index (κ2) is 5.76. The zero-order valence-corrected chi connectivity index (χ0v) is 13.1. The lowest BCUT2D eigenvalue weighted by atomic mass is 9.82. The van der Waals surface area contributed by atoms with Gasteiger partial charge < -0.3 is 0 Å². The topological polar surface area (TPSA) is 33.2 Å². The first-order valence-corrected chi connectivity index (χ1v) is 7.74. The van der Waals surface area contributed by atoms with E-state index in [9.17, 15) is 9.18 Å². The first-order chi connectivity index (χ1) is 10.5. The van der Waals surface area contributed by atoms with Gasteiger partial charge in [-0.05, 0) is 55.6 Å². The van der Waals surface area contributed by atoms with Gasteiger partial charge in [0.1, 0.15) is 6.29 Å². The molecule has 0 saturated carbocycles. The highest BCUT2D eigenvalue weighted by molar-refractivity contribution is 5.86. The van der Waals surface area contributed by atoms with Crippen molar-refractivity contribution in [1.82, 2.24) is 9.88 Å². The summed E-state index contributed by atoms with van der Waals surface area (Å²) in [5.41, 5.74) is 2.17. The molecular formula is C18H21FN2O. The molecule has 1 aromatic heterocycles. The molecule has 2 aromatic rings. The Morgan fingerprint density at radius 1 is 1.27 bits per heavy atom. The van der Waals surface area contributed by atoms with Crippen molar-refractivity contribution in [2.75, 3.05) is 13.1 Å². The van der Waals surface area contributed by atoms with E-state index in [1.54, 1.807) is 18.2 Å². The molecule has 4 heteroatoms. The Bertz CT molecular complexity index is 702. The number of pyridine rings is 1. The van der Waals surface area contributed by atoms with Crippen LogP contribution in [-0.4, -0.2) is 29.3 Å². The molecule has 1 aromatic carbocycles. The molecule has 3 rings (SSSR count). The van der Waals surface area contributed by atoms with Crippen molar-refractivity contribution in [3.63, 3.8) is 0 Å². The normalized spacial score (nSPS) is 18.5. The van der Waals surface area contributed by atoms with Gasteiger partial charge in [0.25, 0.3) is 0 Å². The summed E-state index contributed by atoms with van der Waals surface area (Å²) in [5.74, 6) is -0.406. The molecule has 116 valence electrons. The molecule has 0 spiro atoms. The number of rotatable bonds is 3. The minimum atomic E-state index is -0.406. The number of carbonyl (C=O) groups excluding carboxylic acids is 1. The van der Waals surface area contributed by atoms with Gasteiger partial charge in [-0.1, -0.05) is 13.8 Å². The lowest BCUT2D eigenvalue weighted by molar-refractivity contribution is 0.112. The van der Waals surface area contributed by atoms with Crippen LogP contribution in [0.5, 0.6) is 0 Å². The van der Waals surface area contributed by atoms with Crippen molar-refractivity contribution in [2.45, 2.75) is 33.2 Å². The maximum Gasteiger partial charge on any atom is 0.217 e. The Morgan fingerprint density at radius 2 is 2.00 bits per heavy atom. The summed E-state index contributed by atoms with van der Waals surface area (Å²) in [6.07, 6.45) is 3.06. The summed E-state index contributed by atoms with van der Waals surface area (Å²) in [6, 6.07) is 6.94. The van der Waals surface area contributed by atoms with Gasteiger partial charge in [0.2, 0.25) is 5.95 Å². The zero-order chi connectivity index (χ0) is 15.7. The summed E-state index contributed by atoms with van der Waals surface area (Å²) in [5, 5.41) is 0.818. The van der Waals surface area contributed by atoms with Crippen LogP contribution in [0.15, 0.2) is 24.3 Å². The Labute approximate surface area is 130 Å². The molecule has 0 radical (unpaired) electrons. The highest BCUT2D eigenvalue weighted by Gasteiger charge is 2.25. The molecule has 1 saturated heterocycles. The first-order valence-electron chi connectivity index (χ1n) is 7.74. The third-order valence-electron chi connectivity index (χ3n) is 4.60. The van der Waals surface area contributed by atoms with Crippen molar-refractivity contribution in [2.24, 2.45) is 5.41 Å². The molecule has 0 amide bonds. The number of likely N-dealkylation sites (tertiary alicyclic amines) is 1. The molecule has 22 heavy (non-hydrogen) atoms. The van der Waals surface area contributed by atoms with E-state index in [2.05, 4.69) is 23.7 Å². The number of piperidine rings is 1. The SMILES string of the molecule is CC1(C)CCN(Cc2cc3cc(C=O)ccc3nc2F)CC1. The first kappa shape index (κ1) is 15.1. The van der Waals surface area contributed by atoms with Gasteiger partial charge in [0.15, 0.2) is 0 Å². The number of aldehydes is 1. The molecule has 0 aliphatic carbocycles. The average molecular weight is 300 g/mol. The molecule has 0 unspecified atom stereocenters. The van der Waals surface area contributed by atoms with E-state index in [4.69, 9.17) is 0 Å². The number of halogens is 1. The molecule has 2 heterocycles. The van der Waals surface area contributed by atoms with Crippen molar-refractivity contribution in [3.8, 4) is 0 Å². The maximum absolute atomic E-state index is 14.2. The van der Waals surface area contributed by atoms with Gasteiger partial charge >= 0.3 is 0 Å². The van der Waals surface area contributed by atoms with E-state index in [0.717, 1.165) is 37.6 Å². The summed E-state index contributed by atoms with van der Waals surface area (Å²) >= 11 is 0. The summed E-state index contributed by atoms with van der Waals surface area (Å²) in [7, 11) is 0. The van der Waals surface area contributed by atoms with E-state index in [1.165, 1.54) is 0 Å². The molecule has 1 aliphatic rings. The van der Waals surface area contributed by atoms with Crippen molar-refractivity contribution >= 4 is 17.2 Å². The number of aromatic nitrogens is 1. The van der Waals surface area contributed by atoms with Gasteiger partial charge in [-0.3, -0.25) is 9.69 Å². The van der Waals surface area contributed by atoms with Gasteiger partial charge in [-0.2, -0.15) is 4.39 Å². The molecule has 1 aliphatic heterocycles. The van der Waals surface area contributed by atoms with Crippen LogP contribution < -0.4 is 0 Å². The molecule has 3 nitrogen and oxygen atoms in total. The Morgan fingerprint density at radius 3 is 2.68 bits per heavy atom. The smallest absolute Gasteiger partial charge is 0.217 e. The molecule has 0 N–H and O–H groups in total. The number of nitrogens with zero attached hydrogens (tertiary/aromatic N) is 2. The number of benzene rings is 1. The lowest BCUT2D eigenvalue weighted by Crippen LogP contribution is -2.37. The maximum atomic E-state index is 14.2. The zero-order valence-electron chi connectivity index (χ0n) is 13.1. The van der Waals surface area contributed by atoms with Crippen LogP contribution in [-0.2, 0) is 6.54 Å². The fourth-order valence-corrected chi connectivity index (χ4v) is 2.96. The Balaban J connectivity index is 1.84. The van der Waals surface area contributed by atoms with E-state index in [1.807, 2.05) is 6.07 Å². The van der Waals surface area contributed by atoms with Crippen LogP contribution >= 0.6 is 0 Å². The van der Waals surface area contributed by atoms with Crippen LogP contribution in [0.1, 0.15) is 42.6 Å². The third-order valence-corrected chi connectivity index (χ3v) is 4.60. The highest BCUT2D eigenvalue weighted by Crippen LogP contribution is 2.30. The minimum Gasteiger partial charge on any atom is -0.299 e. The highest BCUT2D eigenvalue weighted by atomic mass is 19.1. The number of hydrogen-bond donors (Lipinski definition) is 0. The quantitative estimate of drug-likeness (QED) is 0.638. The summed E-state index contributed by atoms with van der Waals surface area (Å²) in [6.45, 7) is 7.11. The Kier molecular flexibility index (Phi) is 3.96. The Hall–Kier alpha value is -1.81. The third kappa shape index (κ3) is 3.17. The van der Waals surface area contributed by atoms with Crippen molar-refractivity contribution in [1.29, 1.82) is 0 Å². The second-order valence-corrected chi connectivity index (χ2v) is 6.95. The van der Waals surface area contributed by atoms with E-state index >= 15 is 0 Å². The van der Waals surface area contributed by atoms with Crippen molar-refractivity contribution < 1.29 is 9.18 Å². The van der Waals surface area contributed by atoms with Crippen LogP contribution in [0.3, 0.4) is 0 Å². The van der Waals surface area contributed by atoms with E-state index in [0.29, 0.717) is 28.6 Å². The molecule has 1 fully saturated rings. The standard InChI is InChI=1S/C18H21FN2O/c1-18(2)5-7-21(8-6-18)11-15-10-14-9-13(12-22)3-4-16(14)20-17(15)19/h3-4,9-10,12H,5-8,11H2,1-2H3. The molecular weight excluding hydrogens is 279 g/mol. The van der Waals surface area contributed by atoms with Gasteiger partial charge in [0.05, 0.1) is 5.52 Å². The number of carbonyl (C=O) groups is 1. The minimum absolute atomic E-state index is 0.384. The molecule has 0 atom stereocenters. The second-order valence-electron chi connectivity index (χ2n) is 6.95. The predicted octanol–water partition coefficient (Wildman–Crippen LogP) is 3.81. The van der Waals surface area contributed by atoms with Gasteiger partial charge in [0, 0.05) is 23.1 Å². The van der Waals surface area contributed by atoms with Gasteiger partial charge in [-0.15, -0.1) is 0 Å². The number of hydrogen-bond acceptors (Lipinski definition) is 3. The summed E-state index contributed by atoms with van der Waals surface area (Å²) in [4.78, 5) is 17.2. The van der Waals surface area contributed by atoms with Crippen LogP contribution in [0.4, 0.5) is 4.39 Å². The largest absolute Gasteiger partial charge is 0.299 e. The summed E-state index contributed by atoms with van der Waals surface area (Å²) < 4.78 is 14.2. The average Bonchev–Trinajstić information content (AvgIpc) is 2.49. The fourth-order valence-electron chi connectivity index (χ4n) is 2.96.